The average molecular weight is 384 g/mol. The lowest BCUT2D eigenvalue weighted by molar-refractivity contribution is 0.169. The molecule has 0 aliphatic carbocycles. The van der Waals surface area contributed by atoms with Gasteiger partial charge in [0.15, 0.2) is 5.85 Å². The molecule has 0 unspecified atom stereocenters. The van der Waals surface area contributed by atoms with Crippen LogP contribution in [0.1, 0.15) is 19.4 Å². The summed E-state index contributed by atoms with van der Waals surface area (Å²) in [5.74, 6) is -1.40. The van der Waals surface area contributed by atoms with E-state index in [0.717, 1.165) is 4.47 Å². The van der Waals surface area contributed by atoms with Crippen molar-refractivity contribution in [2.75, 3.05) is 13.2 Å². The Bertz CT molecular complexity index is 494. The Hall–Kier alpha value is -0.160. The highest BCUT2D eigenvalue weighted by atomic mass is 79.9. The van der Waals surface area contributed by atoms with Gasteiger partial charge in [0, 0.05) is 9.51 Å². The maximum Gasteiger partial charge on any atom is 0.362 e. The summed E-state index contributed by atoms with van der Waals surface area (Å²) in [5.41, 5.74) is 0.702. The van der Waals surface area contributed by atoms with Gasteiger partial charge < -0.3 is 14.2 Å². The minimum absolute atomic E-state index is 0.179. The van der Waals surface area contributed by atoms with Crippen molar-refractivity contribution in [3.05, 3.63) is 40.4 Å². The van der Waals surface area contributed by atoms with E-state index in [1.807, 2.05) is 12.1 Å². The molecule has 1 rings (SSSR count). The first-order valence-electron chi connectivity index (χ1n) is 6.13. The van der Waals surface area contributed by atoms with Gasteiger partial charge in [-0.2, -0.15) is 0 Å². The average Bonchev–Trinajstić information content (AvgIpc) is 2.39. The lowest BCUT2D eigenvalue weighted by Crippen LogP contribution is -2.10. The van der Waals surface area contributed by atoms with Crippen LogP contribution in [-0.2, 0) is 13.6 Å². The molecule has 1 aromatic carbocycles. The van der Waals surface area contributed by atoms with Crippen LogP contribution in [0.4, 0.5) is 0 Å². The van der Waals surface area contributed by atoms with E-state index in [1.54, 1.807) is 26.0 Å². The number of aliphatic hydroxyl groups is 1. The van der Waals surface area contributed by atoms with E-state index in [0.29, 0.717) is 5.56 Å². The van der Waals surface area contributed by atoms with Crippen LogP contribution in [0.15, 0.2) is 34.8 Å². The fraction of sp³-hybridized carbons (Fsp3) is 0.385. The zero-order valence-electron chi connectivity index (χ0n) is 11.3. The number of aliphatic hydroxyl groups excluding tert-OH is 1. The van der Waals surface area contributed by atoms with Gasteiger partial charge in [0.1, 0.15) is 0 Å². The van der Waals surface area contributed by atoms with Crippen molar-refractivity contribution >= 4 is 40.2 Å². The molecule has 4 nitrogen and oxygen atoms in total. The van der Waals surface area contributed by atoms with Crippen LogP contribution < -0.4 is 0 Å². The molecule has 20 heavy (non-hydrogen) atoms. The topological polar surface area (TPSA) is 55.8 Å². The second-order valence-corrected chi connectivity index (χ2v) is 7.26. The van der Waals surface area contributed by atoms with E-state index in [4.69, 9.17) is 20.6 Å². The van der Waals surface area contributed by atoms with Crippen molar-refractivity contribution in [2.45, 2.75) is 19.7 Å². The fourth-order valence-electron chi connectivity index (χ4n) is 1.48. The predicted octanol–water partition coefficient (Wildman–Crippen LogP) is 4.61. The van der Waals surface area contributed by atoms with E-state index >= 15 is 0 Å². The molecular weight excluding hydrogens is 366 g/mol. The van der Waals surface area contributed by atoms with E-state index in [9.17, 15) is 9.67 Å². The maximum atomic E-state index is 12.3. The normalized spacial score (nSPS) is 14.3. The summed E-state index contributed by atoms with van der Waals surface area (Å²) >= 11 is 9.44. The first kappa shape index (κ1) is 17.9. The number of halogens is 2. The van der Waals surface area contributed by atoms with Crippen LogP contribution in [0.2, 0.25) is 0 Å². The first-order valence-corrected chi connectivity index (χ1v) is 8.91. The van der Waals surface area contributed by atoms with E-state index < -0.39 is 13.4 Å². The summed E-state index contributed by atoms with van der Waals surface area (Å²) in [6.45, 7) is 3.72. The summed E-state index contributed by atoms with van der Waals surface area (Å²) in [5, 5.41) is 10.3. The predicted molar refractivity (Wildman–Crippen MR) is 84.8 cm³/mol. The van der Waals surface area contributed by atoms with Crippen molar-refractivity contribution in [1.82, 2.24) is 0 Å². The molecular formula is C13H17BrClO4P. The Labute approximate surface area is 132 Å². The Morgan fingerprint density at radius 3 is 2.30 bits per heavy atom. The number of hydrogen-bond donors (Lipinski definition) is 1. The van der Waals surface area contributed by atoms with Gasteiger partial charge in [-0.3, -0.25) is 4.57 Å². The number of hydrogen-bond acceptors (Lipinski definition) is 4. The molecule has 1 aromatic rings. The summed E-state index contributed by atoms with van der Waals surface area (Å²) in [4.78, 5) is 0. The number of rotatable bonds is 7. The Kier molecular flexibility index (Phi) is 7.45. The van der Waals surface area contributed by atoms with Crippen LogP contribution in [-0.4, -0.2) is 24.2 Å². The molecule has 0 aliphatic rings. The molecule has 0 aromatic heterocycles. The molecule has 0 heterocycles. The second kappa shape index (κ2) is 8.32. The largest absolute Gasteiger partial charge is 0.377 e. The van der Waals surface area contributed by atoms with Gasteiger partial charge in [0.25, 0.3) is 0 Å². The third-order valence-electron chi connectivity index (χ3n) is 2.36. The van der Waals surface area contributed by atoms with Gasteiger partial charge in [-0.25, -0.2) is 0 Å². The highest BCUT2D eigenvalue weighted by Gasteiger charge is 2.32. The molecule has 1 atom stereocenters. The minimum Gasteiger partial charge on any atom is -0.377 e. The first-order chi connectivity index (χ1) is 9.42. The molecule has 112 valence electrons. The van der Waals surface area contributed by atoms with Gasteiger partial charge in [0.05, 0.1) is 13.2 Å². The smallest absolute Gasteiger partial charge is 0.362 e. The minimum atomic E-state index is -3.61. The molecule has 0 radical (unpaired) electrons. The zero-order chi connectivity index (χ0) is 15.2. The van der Waals surface area contributed by atoms with Gasteiger partial charge in [-0.1, -0.05) is 39.7 Å². The van der Waals surface area contributed by atoms with Gasteiger partial charge in [-0.05, 0) is 37.6 Å². The van der Waals surface area contributed by atoms with Crippen molar-refractivity contribution in [3.8, 4) is 0 Å². The summed E-state index contributed by atoms with van der Waals surface area (Å²) < 4.78 is 23.4. The fourth-order valence-corrected chi connectivity index (χ4v) is 3.51. The van der Waals surface area contributed by atoms with Gasteiger partial charge in [0.2, 0.25) is 0 Å². The van der Waals surface area contributed by atoms with Gasteiger partial charge >= 0.3 is 7.60 Å². The molecule has 0 amide bonds. The third-order valence-corrected chi connectivity index (χ3v) is 5.26. The van der Waals surface area contributed by atoms with E-state index in [2.05, 4.69) is 15.9 Å². The molecule has 0 spiro atoms. The van der Waals surface area contributed by atoms with Crippen LogP contribution in [0.5, 0.6) is 0 Å². The molecule has 0 saturated heterocycles. The molecule has 0 saturated carbocycles. The third kappa shape index (κ3) is 4.99. The van der Waals surface area contributed by atoms with Crippen LogP contribution in [0.3, 0.4) is 0 Å². The molecule has 7 heteroatoms. The summed E-state index contributed by atoms with van der Waals surface area (Å²) in [6, 6.07) is 7.20. The molecule has 0 fully saturated rings. The van der Waals surface area contributed by atoms with Crippen LogP contribution >= 0.6 is 35.1 Å². The number of benzene rings is 1. The maximum absolute atomic E-state index is 12.3. The molecule has 1 N–H and O–H groups in total. The van der Waals surface area contributed by atoms with Crippen LogP contribution in [0.25, 0.3) is 5.03 Å². The van der Waals surface area contributed by atoms with Crippen molar-refractivity contribution in [2.24, 2.45) is 0 Å². The quantitative estimate of drug-likeness (QED) is 0.698. The second-order valence-electron chi connectivity index (χ2n) is 3.81. The summed E-state index contributed by atoms with van der Waals surface area (Å²) in [6.07, 6.45) is 1.27. The van der Waals surface area contributed by atoms with Crippen molar-refractivity contribution in [1.29, 1.82) is 0 Å². The van der Waals surface area contributed by atoms with Gasteiger partial charge in [-0.15, -0.1) is 0 Å². The molecule has 0 bridgehead atoms. The Morgan fingerprint density at radius 2 is 1.85 bits per heavy atom. The highest BCUT2D eigenvalue weighted by molar-refractivity contribution is 9.10. The lowest BCUT2D eigenvalue weighted by atomic mass is 10.2. The van der Waals surface area contributed by atoms with E-state index in [-0.39, 0.29) is 18.2 Å². The monoisotopic (exact) mass is 382 g/mol. The standard InChI is InChI=1S/C13H17BrClO4P/c1-3-18-20(17,19-4-2)13(16)9-12(15)10-5-7-11(14)8-6-10/h5-9,13,16H,3-4H2,1-2H3/b12-9-/t13-/m1/s1. The SMILES string of the molecule is CCOP(=O)(OCC)[C@@H](O)/C=C(\Cl)c1ccc(Br)cc1. The Balaban J connectivity index is 2.95. The zero-order valence-corrected chi connectivity index (χ0v) is 14.5. The van der Waals surface area contributed by atoms with E-state index in [1.165, 1.54) is 6.08 Å². The lowest BCUT2D eigenvalue weighted by Gasteiger charge is -2.20. The molecule has 0 aliphatic heterocycles. The highest BCUT2D eigenvalue weighted by Crippen LogP contribution is 2.53. The Morgan fingerprint density at radius 1 is 1.35 bits per heavy atom. The van der Waals surface area contributed by atoms with Crippen molar-refractivity contribution in [3.63, 3.8) is 0 Å². The van der Waals surface area contributed by atoms with Crippen LogP contribution in [0, 0.1) is 0 Å². The van der Waals surface area contributed by atoms with Crippen molar-refractivity contribution < 1.29 is 18.7 Å². The summed E-state index contributed by atoms with van der Waals surface area (Å²) in [7, 11) is -3.61.